The molecular weight excluding hydrogens is 230 g/mol. The number of imide groups is 1. The summed E-state index contributed by atoms with van der Waals surface area (Å²) in [5.74, 6) is -1.69. The van der Waals surface area contributed by atoms with Crippen LogP contribution in [-0.2, 0) is 9.59 Å². The summed E-state index contributed by atoms with van der Waals surface area (Å²) in [7, 11) is 0. The quantitative estimate of drug-likeness (QED) is 0.589. The minimum Gasteiger partial charge on any atom is -0.385 e. The molecule has 2 amide bonds. The lowest BCUT2D eigenvalue weighted by molar-refractivity contribution is -0.140. The van der Waals surface area contributed by atoms with Gasteiger partial charge in [0.1, 0.15) is 0 Å². The lowest BCUT2D eigenvalue weighted by atomic mass is 9.63. The van der Waals surface area contributed by atoms with Crippen LogP contribution in [0.3, 0.4) is 0 Å². The molecule has 4 heteroatoms. The summed E-state index contributed by atoms with van der Waals surface area (Å²) < 4.78 is 0. The van der Waals surface area contributed by atoms with Gasteiger partial charge in [0.2, 0.25) is 11.8 Å². The fourth-order valence-corrected chi connectivity index (χ4v) is 2.96. The third-order valence-corrected chi connectivity index (χ3v) is 3.99. The number of amides is 2. The van der Waals surface area contributed by atoms with Crippen LogP contribution >= 0.6 is 0 Å². The maximum Gasteiger partial charge on any atom is 0.236 e. The Morgan fingerprint density at radius 3 is 2.33 bits per heavy atom. The maximum absolute atomic E-state index is 12.4. The minimum atomic E-state index is -1.26. The molecule has 1 heterocycles. The van der Waals surface area contributed by atoms with Gasteiger partial charge in [-0.15, -0.1) is 6.58 Å². The van der Waals surface area contributed by atoms with Gasteiger partial charge >= 0.3 is 0 Å². The van der Waals surface area contributed by atoms with Crippen molar-refractivity contribution in [3.05, 3.63) is 24.8 Å². The first-order valence-electron chi connectivity index (χ1n) is 6.11. The molecule has 18 heavy (non-hydrogen) atoms. The number of likely N-dealkylation sites (tertiary alicyclic amines) is 1. The molecule has 0 saturated carbocycles. The van der Waals surface area contributed by atoms with Crippen LogP contribution < -0.4 is 0 Å². The second-order valence-corrected chi connectivity index (χ2v) is 5.91. The number of carbonyl (C=O) groups excluding carboxylic acids is 2. The highest BCUT2D eigenvalue weighted by Gasteiger charge is 2.60. The van der Waals surface area contributed by atoms with Gasteiger partial charge in [-0.3, -0.25) is 14.5 Å². The molecule has 1 N–H and O–H groups in total. The predicted octanol–water partition coefficient (Wildman–Crippen LogP) is 1.12. The normalized spacial score (nSPS) is 37.9. The van der Waals surface area contributed by atoms with Gasteiger partial charge in [-0.1, -0.05) is 32.1 Å². The van der Waals surface area contributed by atoms with Crippen molar-refractivity contribution < 1.29 is 14.7 Å². The molecule has 4 nitrogen and oxygen atoms in total. The number of allylic oxidation sites excluding steroid dienone is 1. The highest BCUT2D eigenvalue weighted by Crippen LogP contribution is 2.49. The smallest absolute Gasteiger partial charge is 0.236 e. The second-order valence-electron chi connectivity index (χ2n) is 5.91. The van der Waals surface area contributed by atoms with Crippen LogP contribution in [0.1, 0.15) is 20.8 Å². The Balaban J connectivity index is 2.51. The van der Waals surface area contributed by atoms with E-state index in [4.69, 9.17) is 0 Å². The van der Waals surface area contributed by atoms with Gasteiger partial charge in [-0.25, -0.2) is 0 Å². The van der Waals surface area contributed by atoms with Crippen molar-refractivity contribution >= 4 is 11.8 Å². The Labute approximate surface area is 107 Å². The molecular formula is C14H19NO3. The number of fused-ring (bicyclic) bond motifs is 1. The molecule has 2 rings (SSSR count). The van der Waals surface area contributed by atoms with Gasteiger partial charge < -0.3 is 5.11 Å². The Kier molecular flexibility index (Phi) is 2.74. The number of nitrogens with zero attached hydrogens (tertiary/aromatic N) is 1. The number of hydrogen-bond donors (Lipinski definition) is 1. The van der Waals surface area contributed by atoms with Gasteiger partial charge in [0.25, 0.3) is 0 Å². The summed E-state index contributed by atoms with van der Waals surface area (Å²) in [6.45, 7) is 9.18. The molecule has 0 aromatic heterocycles. The van der Waals surface area contributed by atoms with Crippen molar-refractivity contribution in [2.24, 2.45) is 17.3 Å². The molecule has 2 aliphatic rings. The summed E-state index contributed by atoms with van der Waals surface area (Å²) in [4.78, 5) is 25.9. The van der Waals surface area contributed by atoms with E-state index < -0.39 is 22.9 Å². The summed E-state index contributed by atoms with van der Waals surface area (Å²) in [5, 5.41) is 10.3. The zero-order valence-electron chi connectivity index (χ0n) is 11.0. The number of carbonyl (C=O) groups is 2. The molecule has 1 fully saturated rings. The molecule has 1 aliphatic heterocycles. The molecule has 1 aliphatic carbocycles. The summed E-state index contributed by atoms with van der Waals surface area (Å²) in [6.07, 6.45) is 5.00. The van der Waals surface area contributed by atoms with Crippen molar-refractivity contribution in [2.45, 2.75) is 26.4 Å². The van der Waals surface area contributed by atoms with E-state index in [-0.39, 0.29) is 18.4 Å². The van der Waals surface area contributed by atoms with Crippen molar-refractivity contribution in [3.63, 3.8) is 0 Å². The molecule has 0 radical (unpaired) electrons. The average Bonchev–Trinajstić information content (AvgIpc) is 2.52. The van der Waals surface area contributed by atoms with Crippen molar-refractivity contribution in [1.82, 2.24) is 4.90 Å². The average molecular weight is 249 g/mol. The first-order valence-corrected chi connectivity index (χ1v) is 6.11. The van der Waals surface area contributed by atoms with Gasteiger partial charge in [0, 0.05) is 6.54 Å². The van der Waals surface area contributed by atoms with E-state index in [0.717, 1.165) is 0 Å². The van der Waals surface area contributed by atoms with E-state index >= 15 is 0 Å². The minimum absolute atomic E-state index is 0.205. The first kappa shape index (κ1) is 13.0. The molecule has 0 bridgehead atoms. The molecule has 0 unspecified atom stereocenters. The topological polar surface area (TPSA) is 57.6 Å². The van der Waals surface area contributed by atoms with Crippen molar-refractivity contribution in [1.29, 1.82) is 0 Å². The van der Waals surface area contributed by atoms with E-state index in [1.165, 1.54) is 11.0 Å². The van der Waals surface area contributed by atoms with Gasteiger partial charge in [0.05, 0.1) is 17.4 Å². The zero-order chi connectivity index (χ0) is 13.7. The van der Waals surface area contributed by atoms with E-state index in [2.05, 4.69) is 6.58 Å². The summed E-state index contributed by atoms with van der Waals surface area (Å²) in [6, 6.07) is 0. The molecule has 3 atom stereocenters. The van der Waals surface area contributed by atoms with Crippen LogP contribution in [0, 0.1) is 17.3 Å². The van der Waals surface area contributed by atoms with E-state index in [0.29, 0.717) is 0 Å². The van der Waals surface area contributed by atoms with Crippen molar-refractivity contribution in [3.8, 4) is 0 Å². The monoisotopic (exact) mass is 249 g/mol. The Morgan fingerprint density at radius 1 is 1.28 bits per heavy atom. The van der Waals surface area contributed by atoms with Crippen LogP contribution in [-0.4, -0.2) is 34.0 Å². The lowest BCUT2D eigenvalue weighted by Gasteiger charge is -2.40. The highest BCUT2D eigenvalue weighted by atomic mass is 16.3. The van der Waals surface area contributed by atoms with Crippen molar-refractivity contribution in [2.75, 3.05) is 6.54 Å². The fourth-order valence-electron chi connectivity index (χ4n) is 2.96. The first-order chi connectivity index (χ1) is 8.22. The van der Waals surface area contributed by atoms with Gasteiger partial charge in [-0.05, 0) is 12.3 Å². The van der Waals surface area contributed by atoms with Gasteiger partial charge in [-0.2, -0.15) is 0 Å². The maximum atomic E-state index is 12.4. The van der Waals surface area contributed by atoms with Gasteiger partial charge in [0.15, 0.2) is 0 Å². The molecule has 0 spiro atoms. The van der Waals surface area contributed by atoms with E-state index in [1.54, 1.807) is 13.0 Å². The van der Waals surface area contributed by atoms with Crippen LogP contribution in [0.2, 0.25) is 0 Å². The predicted molar refractivity (Wildman–Crippen MR) is 67.4 cm³/mol. The highest BCUT2D eigenvalue weighted by molar-refractivity contribution is 6.06. The molecule has 0 aromatic carbocycles. The van der Waals surface area contributed by atoms with Crippen LogP contribution in [0.4, 0.5) is 0 Å². The molecule has 1 saturated heterocycles. The Morgan fingerprint density at radius 2 is 1.83 bits per heavy atom. The van der Waals surface area contributed by atoms with E-state index in [1.807, 2.05) is 19.9 Å². The number of rotatable bonds is 2. The summed E-state index contributed by atoms with van der Waals surface area (Å²) in [5.41, 5.74) is -1.68. The standard InChI is InChI=1S/C14H19NO3/c1-5-8-15-11(16)9-10(12(15)17)14(4,18)7-6-13(9,2)3/h5-7,9-10,18H,1,8H2,2-4H3/t9-,10-,14+/m1/s1. The Hall–Kier alpha value is -1.42. The number of hydrogen-bond acceptors (Lipinski definition) is 3. The van der Waals surface area contributed by atoms with E-state index in [9.17, 15) is 14.7 Å². The zero-order valence-corrected chi connectivity index (χ0v) is 11.0. The second kappa shape index (κ2) is 3.79. The third-order valence-electron chi connectivity index (χ3n) is 3.99. The Bertz CT molecular complexity index is 412. The fraction of sp³-hybridized carbons (Fsp3) is 0.571. The largest absolute Gasteiger partial charge is 0.385 e. The van der Waals surface area contributed by atoms with Crippen LogP contribution in [0.15, 0.2) is 24.8 Å². The molecule has 0 aromatic rings. The number of aliphatic hydroxyl groups is 1. The van der Waals surface area contributed by atoms with Crippen LogP contribution in [0.5, 0.6) is 0 Å². The lowest BCUT2D eigenvalue weighted by Crippen LogP contribution is -2.47. The summed E-state index contributed by atoms with van der Waals surface area (Å²) >= 11 is 0. The molecule has 98 valence electrons. The SMILES string of the molecule is C=CCN1C(=O)[C@H]2[C@H](C1=O)[C@@](C)(O)C=CC2(C)C. The van der Waals surface area contributed by atoms with Crippen LogP contribution in [0.25, 0.3) is 0 Å². The third kappa shape index (κ3) is 1.63.